The Morgan fingerprint density at radius 3 is 2.39 bits per heavy atom. The first-order valence-electron chi connectivity index (χ1n) is 8.93. The Balaban J connectivity index is 1.69. The summed E-state index contributed by atoms with van der Waals surface area (Å²) in [6.07, 6.45) is 1.56. The van der Waals surface area contributed by atoms with Crippen LogP contribution in [0.25, 0.3) is 0 Å². The van der Waals surface area contributed by atoms with Crippen molar-refractivity contribution in [3.63, 3.8) is 0 Å². The molecule has 0 saturated carbocycles. The van der Waals surface area contributed by atoms with E-state index in [0.29, 0.717) is 30.1 Å². The minimum Gasteiger partial charge on any atom is -0.380 e. The predicted octanol–water partition coefficient (Wildman–Crippen LogP) is 2.90. The first-order chi connectivity index (χ1) is 13.4. The van der Waals surface area contributed by atoms with Gasteiger partial charge >= 0.3 is 0 Å². The zero-order valence-corrected chi connectivity index (χ0v) is 16.7. The van der Waals surface area contributed by atoms with E-state index in [1.54, 1.807) is 31.4 Å². The molecule has 2 aromatic carbocycles. The average Bonchev–Trinajstić information content (AvgIpc) is 3.07. The first kappa shape index (κ1) is 20.0. The second-order valence-electron chi connectivity index (χ2n) is 6.62. The molecule has 1 amide bonds. The van der Waals surface area contributed by atoms with E-state index >= 15 is 0 Å². The number of carbonyl (C=O) groups excluding carboxylic acids is 1. The Kier molecular flexibility index (Phi) is 6.11. The number of carbonyl (C=O) groups is 1. The third-order valence-electron chi connectivity index (χ3n) is 4.50. The number of likely N-dealkylation sites (tertiary alicyclic amines) is 1. The zero-order valence-electron chi connectivity index (χ0n) is 15.9. The van der Waals surface area contributed by atoms with E-state index in [2.05, 4.69) is 9.71 Å². The summed E-state index contributed by atoms with van der Waals surface area (Å²) in [4.78, 5) is 14.3. The number of methoxy groups -OCH3 is 1. The van der Waals surface area contributed by atoms with Crippen LogP contribution >= 0.6 is 0 Å². The van der Waals surface area contributed by atoms with Gasteiger partial charge in [0.2, 0.25) is 0 Å². The number of hydrogen-bond donors (Lipinski definition) is 1. The van der Waals surface area contributed by atoms with Gasteiger partial charge in [-0.05, 0) is 48.4 Å². The summed E-state index contributed by atoms with van der Waals surface area (Å²) >= 11 is 0. The van der Waals surface area contributed by atoms with Crippen molar-refractivity contribution in [2.75, 3.05) is 26.0 Å². The molecule has 1 fully saturated rings. The lowest BCUT2D eigenvalue weighted by molar-refractivity contribution is 0.102. The highest BCUT2D eigenvalue weighted by molar-refractivity contribution is 7.90. The number of ether oxygens (including phenoxy) is 1. The minimum atomic E-state index is -3.76. The number of benzene rings is 2. The quantitative estimate of drug-likeness (QED) is 0.804. The van der Waals surface area contributed by atoms with Crippen LogP contribution in [0.2, 0.25) is 0 Å². The standard InChI is InChI=1S/C20H23N3O4S/c1-23-13-3-4-19(23)22-28(25,26)18-11-9-17(10-12-18)21-20(24)16-7-5-15(6-8-16)14-27-2/h5-12H,3-4,13-14H2,1-2H3,(H,21,24)/b22-19+. The highest BCUT2D eigenvalue weighted by atomic mass is 32.2. The van der Waals surface area contributed by atoms with Gasteiger partial charge in [0.25, 0.3) is 15.9 Å². The van der Waals surface area contributed by atoms with E-state index in [1.165, 1.54) is 12.1 Å². The van der Waals surface area contributed by atoms with Gasteiger partial charge in [0.15, 0.2) is 0 Å². The molecular weight excluding hydrogens is 378 g/mol. The summed E-state index contributed by atoms with van der Waals surface area (Å²) in [5.41, 5.74) is 1.99. The number of sulfonamides is 1. The van der Waals surface area contributed by atoms with Crippen LogP contribution in [0.15, 0.2) is 57.8 Å². The molecule has 1 saturated heterocycles. The van der Waals surface area contributed by atoms with Crippen molar-refractivity contribution >= 4 is 27.5 Å². The number of amidine groups is 1. The number of rotatable bonds is 6. The topological polar surface area (TPSA) is 88.1 Å². The summed E-state index contributed by atoms with van der Waals surface area (Å²) < 4.78 is 33.9. The lowest BCUT2D eigenvalue weighted by atomic mass is 10.1. The summed E-state index contributed by atoms with van der Waals surface area (Å²) in [5, 5.41) is 2.76. The van der Waals surface area contributed by atoms with Crippen LogP contribution in [0.4, 0.5) is 5.69 Å². The van der Waals surface area contributed by atoms with Crippen molar-refractivity contribution in [3.05, 3.63) is 59.7 Å². The zero-order chi connectivity index (χ0) is 20.1. The highest BCUT2D eigenvalue weighted by Gasteiger charge is 2.20. The smallest absolute Gasteiger partial charge is 0.283 e. The Hall–Kier alpha value is -2.71. The molecule has 3 rings (SSSR count). The molecule has 0 aromatic heterocycles. The van der Waals surface area contributed by atoms with Crippen LogP contribution in [0.5, 0.6) is 0 Å². The van der Waals surface area contributed by atoms with Crippen LogP contribution in [-0.2, 0) is 21.4 Å². The third kappa shape index (κ3) is 4.76. The number of hydrogen-bond acceptors (Lipinski definition) is 4. The molecule has 0 atom stereocenters. The first-order valence-corrected chi connectivity index (χ1v) is 10.4. The SMILES string of the molecule is COCc1ccc(C(=O)Nc2ccc(S(=O)(=O)/N=C3\CCCN3C)cc2)cc1. The van der Waals surface area contributed by atoms with Gasteiger partial charge in [-0.15, -0.1) is 4.40 Å². The van der Waals surface area contributed by atoms with Gasteiger partial charge in [0, 0.05) is 38.4 Å². The molecule has 1 aliphatic rings. The van der Waals surface area contributed by atoms with E-state index in [9.17, 15) is 13.2 Å². The maximum atomic E-state index is 12.5. The monoisotopic (exact) mass is 401 g/mol. The van der Waals surface area contributed by atoms with E-state index in [4.69, 9.17) is 4.74 Å². The Bertz CT molecular complexity index is 968. The Morgan fingerprint density at radius 2 is 1.82 bits per heavy atom. The average molecular weight is 401 g/mol. The van der Waals surface area contributed by atoms with Crippen molar-refractivity contribution < 1.29 is 17.9 Å². The molecule has 0 spiro atoms. The van der Waals surface area contributed by atoms with Crippen molar-refractivity contribution in [3.8, 4) is 0 Å². The van der Waals surface area contributed by atoms with Gasteiger partial charge in [0.05, 0.1) is 11.5 Å². The van der Waals surface area contributed by atoms with Crippen molar-refractivity contribution in [1.29, 1.82) is 0 Å². The van der Waals surface area contributed by atoms with Crippen molar-refractivity contribution in [2.45, 2.75) is 24.3 Å². The molecule has 7 nitrogen and oxygen atoms in total. The van der Waals surface area contributed by atoms with Gasteiger partial charge in [-0.25, -0.2) is 0 Å². The number of anilines is 1. The maximum absolute atomic E-state index is 12.5. The second-order valence-corrected chi connectivity index (χ2v) is 8.22. The van der Waals surface area contributed by atoms with Gasteiger partial charge in [-0.3, -0.25) is 4.79 Å². The van der Waals surface area contributed by atoms with Crippen LogP contribution in [0.3, 0.4) is 0 Å². The number of nitrogens with zero attached hydrogens (tertiary/aromatic N) is 2. The third-order valence-corrected chi connectivity index (χ3v) is 5.82. The molecule has 0 bridgehead atoms. The molecule has 1 heterocycles. The lowest BCUT2D eigenvalue weighted by Gasteiger charge is -2.11. The summed E-state index contributed by atoms with van der Waals surface area (Å²) in [6, 6.07) is 13.1. The highest BCUT2D eigenvalue weighted by Crippen LogP contribution is 2.19. The Labute approximate surface area is 165 Å². The van der Waals surface area contributed by atoms with E-state index in [0.717, 1.165) is 18.5 Å². The van der Waals surface area contributed by atoms with Crippen LogP contribution in [-0.4, -0.2) is 45.8 Å². The fourth-order valence-electron chi connectivity index (χ4n) is 2.93. The van der Waals surface area contributed by atoms with Crippen LogP contribution < -0.4 is 5.32 Å². The van der Waals surface area contributed by atoms with Crippen LogP contribution in [0.1, 0.15) is 28.8 Å². The maximum Gasteiger partial charge on any atom is 0.283 e. The molecule has 0 unspecified atom stereocenters. The van der Waals surface area contributed by atoms with Gasteiger partial charge in [-0.2, -0.15) is 8.42 Å². The molecule has 1 N–H and O–H groups in total. The van der Waals surface area contributed by atoms with Gasteiger partial charge < -0.3 is 15.0 Å². The van der Waals surface area contributed by atoms with E-state index in [-0.39, 0.29) is 10.8 Å². The number of nitrogens with one attached hydrogen (secondary N) is 1. The second kappa shape index (κ2) is 8.53. The fourth-order valence-corrected chi connectivity index (χ4v) is 4.03. The summed E-state index contributed by atoms with van der Waals surface area (Å²) in [6.45, 7) is 1.30. The van der Waals surface area contributed by atoms with Crippen LogP contribution in [0, 0.1) is 0 Å². The minimum absolute atomic E-state index is 0.0993. The number of amides is 1. The molecule has 1 aliphatic heterocycles. The fraction of sp³-hybridized carbons (Fsp3) is 0.300. The predicted molar refractivity (Wildman–Crippen MR) is 108 cm³/mol. The Morgan fingerprint density at radius 1 is 1.14 bits per heavy atom. The summed E-state index contributed by atoms with van der Waals surface area (Å²) in [5.74, 6) is 0.307. The molecule has 28 heavy (non-hydrogen) atoms. The molecule has 148 valence electrons. The van der Waals surface area contributed by atoms with E-state index < -0.39 is 10.0 Å². The molecule has 0 radical (unpaired) electrons. The van der Waals surface area contributed by atoms with E-state index in [1.807, 2.05) is 24.1 Å². The van der Waals surface area contributed by atoms with Crippen molar-refractivity contribution in [1.82, 2.24) is 4.90 Å². The van der Waals surface area contributed by atoms with Crippen molar-refractivity contribution in [2.24, 2.45) is 4.40 Å². The lowest BCUT2D eigenvalue weighted by Crippen LogP contribution is -2.20. The summed E-state index contributed by atoms with van der Waals surface area (Å²) in [7, 11) is -0.314. The van der Waals surface area contributed by atoms with Gasteiger partial charge in [-0.1, -0.05) is 12.1 Å². The van der Waals surface area contributed by atoms with Gasteiger partial charge in [0.1, 0.15) is 5.84 Å². The normalized spacial score (nSPS) is 15.8. The molecule has 8 heteroatoms. The molecular formula is C20H23N3O4S. The molecule has 0 aliphatic carbocycles. The molecule has 2 aromatic rings. The largest absolute Gasteiger partial charge is 0.380 e.